The summed E-state index contributed by atoms with van der Waals surface area (Å²) in [5.74, 6) is 0. The van der Waals surface area contributed by atoms with Crippen LogP contribution < -0.4 is 11.2 Å². The number of benzene rings is 2. The summed E-state index contributed by atoms with van der Waals surface area (Å²) in [4.78, 5) is 30.3. The van der Waals surface area contributed by atoms with E-state index in [9.17, 15) is 9.59 Å². The van der Waals surface area contributed by atoms with Crippen LogP contribution in [-0.4, -0.2) is 18.5 Å². The minimum Gasteiger partial charge on any atom is -0.310 e. The molecule has 0 bridgehead atoms. The second-order valence-electron chi connectivity index (χ2n) is 7.13. The Bertz CT molecular complexity index is 1540. The first-order valence-electron chi connectivity index (χ1n) is 9.04. The molecular weight excluding hydrogens is 352 g/mol. The van der Waals surface area contributed by atoms with Crippen molar-refractivity contribution < 1.29 is 0 Å². The molecule has 0 saturated carbocycles. The minimum absolute atomic E-state index is 0.305. The van der Waals surface area contributed by atoms with E-state index in [1.54, 1.807) is 7.05 Å². The summed E-state index contributed by atoms with van der Waals surface area (Å²) in [6.45, 7) is 2.03. The Labute approximate surface area is 159 Å². The Morgan fingerprint density at radius 1 is 0.893 bits per heavy atom. The maximum atomic E-state index is 12.8. The molecule has 0 aliphatic heterocycles. The summed E-state index contributed by atoms with van der Waals surface area (Å²) in [6, 6.07) is 15.9. The molecule has 28 heavy (non-hydrogen) atoms. The zero-order chi connectivity index (χ0) is 19.6. The van der Waals surface area contributed by atoms with Gasteiger partial charge in [0.25, 0.3) is 5.56 Å². The third kappa shape index (κ3) is 2.11. The second kappa shape index (κ2) is 5.66. The highest BCUT2D eigenvalue weighted by Crippen LogP contribution is 2.32. The van der Waals surface area contributed by atoms with Crippen molar-refractivity contribution in [2.75, 3.05) is 0 Å². The molecule has 0 radical (unpaired) electrons. The van der Waals surface area contributed by atoms with Gasteiger partial charge >= 0.3 is 5.69 Å². The Morgan fingerprint density at radius 3 is 2.46 bits per heavy atom. The highest BCUT2D eigenvalue weighted by molar-refractivity contribution is 6.04. The average Bonchev–Trinajstić information content (AvgIpc) is 3.11. The first-order chi connectivity index (χ1) is 13.5. The quantitative estimate of drug-likeness (QED) is 0.456. The van der Waals surface area contributed by atoms with E-state index < -0.39 is 0 Å². The molecule has 3 aromatic heterocycles. The molecule has 2 aromatic carbocycles. The molecule has 0 N–H and O–H groups in total. The first kappa shape index (κ1) is 16.5. The maximum absolute atomic E-state index is 12.8. The molecule has 6 heteroatoms. The van der Waals surface area contributed by atoms with Crippen LogP contribution in [0.15, 0.2) is 64.3 Å². The summed E-state index contributed by atoms with van der Waals surface area (Å²) in [7, 11) is 3.20. The van der Waals surface area contributed by atoms with Gasteiger partial charge in [0.15, 0.2) is 0 Å². The van der Waals surface area contributed by atoms with Crippen molar-refractivity contribution in [1.29, 1.82) is 0 Å². The van der Waals surface area contributed by atoms with E-state index in [0.717, 1.165) is 37.9 Å². The van der Waals surface area contributed by atoms with E-state index in [-0.39, 0.29) is 11.2 Å². The summed E-state index contributed by atoms with van der Waals surface area (Å²) in [5, 5.41) is 0.497. The summed E-state index contributed by atoms with van der Waals surface area (Å²) in [5.41, 5.74) is 5.23. The monoisotopic (exact) mass is 370 g/mol. The number of aromatic nitrogens is 4. The topological polar surface area (TPSA) is 61.3 Å². The highest BCUT2D eigenvalue weighted by atomic mass is 16.2. The number of nitrogens with zero attached hydrogens (tertiary/aromatic N) is 4. The molecule has 6 nitrogen and oxygen atoms in total. The Kier molecular flexibility index (Phi) is 3.34. The molecule has 0 aliphatic rings. The van der Waals surface area contributed by atoms with Crippen molar-refractivity contribution in [3.63, 3.8) is 0 Å². The molecule has 0 saturated heterocycles. The van der Waals surface area contributed by atoms with Gasteiger partial charge in [0.1, 0.15) is 0 Å². The molecule has 0 aliphatic carbocycles. The molecule has 0 unspecified atom stereocenters. The molecule has 0 atom stereocenters. The van der Waals surface area contributed by atoms with E-state index >= 15 is 0 Å². The molecular formula is C22H18N4O2. The maximum Gasteiger partial charge on any atom is 0.331 e. The SMILES string of the molecule is Cc1cccc(-c2nc3ccccc3n3cc4c(=O)n(C)c(=O)n(C)c4c23)c1. The largest absolute Gasteiger partial charge is 0.331 e. The fraction of sp³-hybridized carbons (Fsp3) is 0.136. The van der Waals surface area contributed by atoms with Gasteiger partial charge in [-0.2, -0.15) is 0 Å². The van der Waals surface area contributed by atoms with Crippen molar-refractivity contribution in [2.45, 2.75) is 6.92 Å². The molecule has 3 heterocycles. The third-order valence-corrected chi connectivity index (χ3v) is 5.31. The van der Waals surface area contributed by atoms with Crippen LogP contribution in [0.3, 0.4) is 0 Å². The fourth-order valence-corrected chi connectivity index (χ4v) is 3.93. The van der Waals surface area contributed by atoms with Crippen LogP contribution in [0.1, 0.15) is 5.56 Å². The van der Waals surface area contributed by atoms with Gasteiger partial charge in [0, 0.05) is 25.9 Å². The zero-order valence-corrected chi connectivity index (χ0v) is 15.8. The van der Waals surface area contributed by atoms with E-state index in [0.29, 0.717) is 10.9 Å². The normalized spacial score (nSPS) is 11.7. The van der Waals surface area contributed by atoms with Gasteiger partial charge in [-0.15, -0.1) is 0 Å². The molecule has 0 spiro atoms. The Morgan fingerprint density at radius 2 is 1.68 bits per heavy atom. The predicted molar refractivity (Wildman–Crippen MR) is 111 cm³/mol. The Balaban J connectivity index is 2.13. The van der Waals surface area contributed by atoms with Crippen LogP contribution in [0.5, 0.6) is 0 Å². The lowest BCUT2D eigenvalue weighted by Gasteiger charge is -2.11. The Hall–Kier alpha value is -3.67. The number of aryl methyl sites for hydroxylation is 2. The number of para-hydroxylation sites is 2. The van der Waals surface area contributed by atoms with Gasteiger partial charge in [-0.25, -0.2) is 9.78 Å². The first-order valence-corrected chi connectivity index (χ1v) is 9.04. The van der Waals surface area contributed by atoms with Gasteiger partial charge in [0.05, 0.1) is 33.1 Å². The molecule has 0 amide bonds. The van der Waals surface area contributed by atoms with Crippen LogP contribution in [0.4, 0.5) is 0 Å². The summed E-state index contributed by atoms with van der Waals surface area (Å²) < 4.78 is 4.65. The average molecular weight is 370 g/mol. The van der Waals surface area contributed by atoms with Crippen LogP contribution in [-0.2, 0) is 14.1 Å². The van der Waals surface area contributed by atoms with Crippen LogP contribution in [0.25, 0.3) is 38.7 Å². The van der Waals surface area contributed by atoms with Gasteiger partial charge < -0.3 is 4.40 Å². The second-order valence-corrected chi connectivity index (χ2v) is 7.13. The standard InChI is InChI=1S/C22H18N4O2/c1-13-7-6-8-14(11-13)18-20-19-15(21(27)25(3)22(28)24(19)2)12-26(20)17-10-5-4-9-16(17)23-18/h4-12H,1-3H3. The molecule has 5 rings (SSSR count). The summed E-state index contributed by atoms with van der Waals surface area (Å²) in [6.07, 6.45) is 1.82. The molecule has 138 valence electrons. The van der Waals surface area contributed by atoms with E-state index in [2.05, 4.69) is 6.07 Å². The van der Waals surface area contributed by atoms with Crippen molar-refractivity contribution >= 4 is 27.5 Å². The predicted octanol–water partition coefficient (Wildman–Crippen LogP) is 3.01. The van der Waals surface area contributed by atoms with Gasteiger partial charge in [-0.1, -0.05) is 35.9 Å². The van der Waals surface area contributed by atoms with Crippen molar-refractivity contribution in [1.82, 2.24) is 18.5 Å². The number of hydrogen-bond acceptors (Lipinski definition) is 3. The van der Waals surface area contributed by atoms with E-state index in [4.69, 9.17) is 4.98 Å². The van der Waals surface area contributed by atoms with E-state index in [1.807, 2.05) is 60.0 Å². The van der Waals surface area contributed by atoms with Crippen LogP contribution in [0, 0.1) is 6.92 Å². The lowest BCUT2D eigenvalue weighted by atomic mass is 10.1. The van der Waals surface area contributed by atoms with Gasteiger partial charge in [-0.05, 0) is 25.1 Å². The van der Waals surface area contributed by atoms with E-state index in [1.165, 1.54) is 11.6 Å². The molecule has 0 fully saturated rings. The highest BCUT2D eigenvalue weighted by Gasteiger charge is 2.19. The van der Waals surface area contributed by atoms with Crippen LogP contribution >= 0.6 is 0 Å². The van der Waals surface area contributed by atoms with Crippen molar-refractivity contribution in [3.8, 4) is 11.3 Å². The lowest BCUT2D eigenvalue weighted by molar-refractivity contribution is 0.715. The lowest BCUT2D eigenvalue weighted by Crippen LogP contribution is -2.36. The number of rotatable bonds is 1. The minimum atomic E-state index is -0.353. The zero-order valence-electron chi connectivity index (χ0n) is 15.8. The third-order valence-electron chi connectivity index (χ3n) is 5.31. The summed E-state index contributed by atoms with van der Waals surface area (Å²) >= 11 is 0. The van der Waals surface area contributed by atoms with Crippen molar-refractivity contribution in [3.05, 3.63) is 81.1 Å². The number of fused-ring (bicyclic) bond motifs is 5. The van der Waals surface area contributed by atoms with Gasteiger partial charge in [0.2, 0.25) is 0 Å². The van der Waals surface area contributed by atoms with Gasteiger partial charge in [-0.3, -0.25) is 13.9 Å². The van der Waals surface area contributed by atoms with Crippen molar-refractivity contribution in [2.24, 2.45) is 14.1 Å². The number of hydrogen-bond donors (Lipinski definition) is 0. The van der Waals surface area contributed by atoms with Crippen LogP contribution in [0.2, 0.25) is 0 Å². The molecule has 5 aromatic rings. The fourth-order valence-electron chi connectivity index (χ4n) is 3.93. The smallest absolute Gasteiger partial charge is 0.310 e.